The van der Waals surface area contributed by atoms with Gasteiger partial charge < -0.3 is 0 Å². The molecule has 0 N–H and O–H groups in total. The molecule has 0 radical (unpaired) electrons. The zero-order chi connectivity index (χ0) is 31.9. The van der Waals surface area contributed by atoms with E-state index in [1.807, 2.05) is 0 Å². The number of benzene rings is 9. The van der Waals surface area contributed by atoms with Gasteiger partial charge in [0.05, 0.1) is 0 Å². The lowest BCUT2D eigenvalue weighted by Gasteiger charge is -2.19. The molecule has 0 aliphatic rings. The molecule has 0 saturated heterocycles. The molecule has 9 aromatic rings. The molecule has 48 heavy (non-hydrogen) atoms. The lowest BCUT2D eigenvalue weighted by atomic mass is 9.84. The molecule has 0 heterocycles. The summed E-state index contributed by atoms with van der Waals surface area (Å²) in [6.07, 6.45) is 0. The van der Waals surface area contributed by atoms with Gasteiger partial charge in [-0.25, -0.2) is 0 Å². The van der Waals surface area contributed by atoms with Crippen molar-refractivity contribution in [2.24, 2.45) is 0 Å². The summed E-state index contributed by atoms with van der Waals surface area (Å²) < 4.78 is 0. The van der Waals surface area contributed by atoms with E-state index >= 15 is 0 Å². The second kappa shape index (κ2) is 11.8. The Hall–Kier alpha value is -6.24. The van der Waals surface area contributed by atoms with Crippen molar-refractivity contribution < 1.29 is 0 Å². The summed E-state index contributed by atoms with van der Waals surface area (Å²) in [7, 11) is 0. The molecule has 0 bridgehead atoms. The van der Waals surface area contributed by atoms with Crippen LogP contribution in [0.5, 0.6) is 0 Å². The monoisotopic (exact) mass is 608 g/mol. The van der Waals surface area contributed by atoms with Crippen molar-refractivity contribution in [3.8, 4) is 55.6 Å². The minimum absolute atomic E-state index is 1.21. The van der Waals surface area contributed by atoms with Gasteiger partial charge in [-0.3, -0.25) is 0 Å². The first kappa shape index (κ1) is 28.0. The van der Waals surface area contributed by atoms with Crippen LogP contribution in [-0.2, 0) is 0 Å². The van der Waals surface area contributed by atoms with Crippen LogP contribution in [0.4, 0.5) is 0 Å². The Morgan fingerprint density at radius 2 is 0.625 bits per heavy atom. The maximum atomic E-state index is 2.36. The van der Waals surface area contributed by atoms with Crippen LogP contribution in [0, 0.1) is 0 Å². The number of rotatable bonds is 5. The van der Waals surface area contributed by atoms with Crippen LogP contribution < -0.4 is 0 Å². The lowest BCUT2D eigenvalue weighted by Crippen LogP contribution is -1.92. The maximum absolute atomic E-state index is 2.36. The highest BCUT2D eigenvalue weighted by Crippen LogP contribution is 2.46. The molecule has 0 aliphatic carbocycles. The first-order valence-corrected chi connectivity index (χ1v) is 16.6. The first-order chi connectivity index (χ1) is 23.8. The fourth-order valence-electron chi connectivity index (χ4n) is 7.37. The third-order valence-corrected chi connectivity index (χ3v) is 9.67. The SMILES string of the molecule is c1ccc(-c2cccc(-c3ccc(-c4c5ccccc5c(-c5cccc6ccc(-c7ccccc7)cc56)c5ccccc45)cc3)c2)cc1. The molecule has 0 spiro atoms. The molecule has 0 nitrogen and oxygen atoms in total. The van der Waals surface area contributed by atoms with E-state index in [2.05, 4.69) is 194 Å². The van der Waals surface area contributed by atoms with Crippen molar-refractivity contribution in [1.82, 2.24) is 0 Å². The highest BCUT2D eigenvalue weighted by molar-refractivity contribution is 6.23. The van der Waals surface area contributed by atoms with Gasteiger partial charge in [-0.2, -0.15) is 0 Å². The fraction of sp³-hybridized carbons (Fsp3) is 0. The van der Waals surface area contributed by atoms with Crippen molar-refractivity contribution in [3.63, 3.8) is 0 Å². The van der Waals surface area contributed by atoms with Crippen LogP contribution >= 0.6 is 0 Å². The fourth-order valence-corrected chi connectivity index (χ4v) is 7.37. The summed E-state index contributed by atoms with van der Waals surface area (Å²) in [5.74, 6) is 0. The van der Waals surface area contributed by atoms with Crippen LogP contribution in [0.25, 0.3) is 88.0 Å². The van der Waals surface area contributed by atoms with E-state index < -0.39 is 0 Å². The highest BCUT2D eigenvalue weighted by Gasteiger charge is 2.18. The number of hydrogen-bond donors (Lipinski definition) is 0. The van der Waals surface area contributed by atoms with E-state index in [1.165, 1.54) is 88.0 Å². The molecule has 0 heteroatoms. The van der Waals surface area contributed by atoms with E-state index in [0.29, 0.717) is 0 Å². The van der Waals surface area contributed by atoms with Crippen LogP contribution in [0.1, 0.15) is 0 Å². The molecule has 0 fully saturated rings. The zero-order valence-corrected chi connectivity index (χ0v) is 26.5. The van der Waals surface area contributed by atoms with Gasteiger partial charge in [0.1, 0.15) is 0 Å². The second-order valence-corrected chi connectivity index (χ2v) is 12.5. The second-order valence-electron chi connectivity index (χ2n) is 12.5. The largest absolute Gasteiger partial charge is 0.0622 e. The molecule has 9 aromatic carbocycles. The van der Waals surface area contributed by atoms with E-state index in [1.54, 1.807) is 0 Å². The molecule has 0 atom stereocenters. The van der Waals surface area contributed by atoms with Gasteiger partial charge in [-0.1, -0.05) is 182 Å². The average molecular weight is 609 g/mol. The van der Waals surface area contributed by atoms with Crippen LogP contribution in [0.2, 0.25) is 0 Å². The van der Waals surface area contributed by atoms with Crippen molar-refractivity contribution in [2.75, 3.05) is 0 Å². The lowest BCUT2D eigenvalue weighted by molar-refractivity contribution is 1.58. The van der Waals surface area contributed by atoms with Crippen molar-refractivity contribution in [2.45, 2.75) is 0 Å². The minimum Gasteiger partial charge on any atom is -0.0622 e. The van der Waals surface area contributed by atoms with Gasteiger partial charge in [0.2, 0.25) is 0 Å². The Labute approximate surface area is 281 Å². The van der Waals surface area contributed by atoms with Crippen LogP contribution in [-0.4, -0.2) is 0 Å². The predicted molar refractivity (Wildman–Crippen MR) is 206 cm³/mol. The van der Waals surface area contributed by atoms with Gasteiger partial charge in [0, 0.05) is 0 Å². The number of fused-ring (bicyclic) bond motifs is 3. The molecule has 0 amide bonds. The summed E-state index contributed by atoms with van der Waals surface area (Å²) in [4.78, 5) is 0. The number of hydrogen-bond acceptors (Lipinski definition) is 0. The maximum Gasteiger partial charge on any atom is -0.00201 e. The average Bonchev–Trinajstić information content (AvgIpc) is 3.17. The Kier molecular flexibility index (Phi) is 6.91. The molecule has 9 rings (SSSR count). The van der Waals surface area contributed by atoms with Crippen molar-refractivity contribution >= 4 is 32.3 Å². The van der Waals surface area contributed by atoms with Gasteiger partial charge in [0.25, 0.3) is 0 Å². The molecule has 224 valence electrons. The Bertz CT molecular complexity index is 2520. The summed E-state index contributed by atoms with van der Waals surface area (Å²) in [5.41, 5.74) is 12.4. The zero-order valence-electron chi connectivity index (χ0n) is 26.5. The summed E-state index contributed by atoms with van der Waals surface area (Å²) in [5, 5.41) is 7.58. The molecular formula is C48H32. The molecule has 0 aromatic heterocycles. The van der Waals surface area contributed by atoms with Crippen molar-refractivity contribution in [1.29, 1.82) is 0 Å². The first-order valence-electron chi connectivity index (χ1n) is 16.6. The smallest absolute Gasteiger partial charge is 0.00201 e. The van der Waals surface area contributed by atoms with E-state index in [-0.39, 0.29) is 0 Å². The minimum atomic E-state index is 1.21. The van der Waals surface area contributed by atoms with Crippen molar-refractivity contribution in [3.05, 3.63) is 194 Å². The quantitative estimate of drug-likeness (QED) is 0.171. The Morgan fingerprint density at radius 1 is 0.208 bits per heavy atom. The van der Waals surface area contributed by atoms with Gasteiger partial charge in [-0.15, -0.1) is 0 Å². The third kappa shape index (κ3) is 4.87. The van der Waals surface area contributed by atoms with Gasteiger partial charge in [-0.05, 0) is 100 Å². The van der Waals surface area contributed by atoms with E-state index in [9.17, 15) is 0 Å². The van der Waals surface area contributed by atoms with Gasteiger partial charge in [0.15, 0.2) is 0 Å². The van der Waals surface area contributed by atoms with Crippen LogP contribution in [0.15, 0.2) is 194 Å². The van der Waals surface area contributed by atoms with E-state index in [0.717, 1.165) is 0 Å². The predicted octanol–water partition coefficient (Wildman–Crippen LogP) is 13.5. The molecule has 0 unspecified atom stereocenters. The Morgan fingerprint density at radius 3 is 1.21 bits per heavy atom. The topological polar surface area (TPSA) is 0 Å². The normalized spacial score (nSPS) is 11.3. The third-order valence-electron chi connectivity index (χ3n) is 9.67. The van der Waals surface area contributed by atoms with E-state index in [4.69, 9.17) is 0 Å². The Balaban J connectivity index is 1.22. The molecule has 0 saturated carbocycles. The standard InChI is InChI=1S/C48H32/c1-3-13-33(14-4-1)38-18-11-19-39(31-38)35-25-28-37(29-26-35)47-41-20-7-9-22-43(41)48(44-23-10-8-21-42(44)47)45-24-12-17-36-27-30-40(32-46(36)45)34-15-5-2-6-16-34/h1-32H. The molecule has 0 aliphatic heterocycles. The summed E-state index contributed by atoms with van der Waals surface area (Å²) in [6.45, 7) is 0. The van der Waals surface area contributed by atoms with Gasteiger partial charge >= 0.3 is 0 Å². The van der Waals surface area contributed by atoms with Crippen LogP contribution in [0.3, 0.4) is 0 Å². The highest BCUT2D eigenvalue weighted by atomic mass is 14.2. The summed E-state index contributed by atoms with van der Waals surface area (Å²) in [6, 6.07) is 70.7. The summed E-state index contributed by atoms with van der Waals surface area (Å²) >= 11 is 0. The molecular weight excluding hydrogens is 577 g/mol.